The van der Waals surface area contributed by atoms with Crippen LogP contribution in [0, 0.1) is 11.8 Å². The number of carbonyl (C=O) groups excluding carboxylic acids is 1. The monoisotopic (exact) mass is 255 g/mol. The van der Waals surface area contributed by atoms with Crippen molar-refractivity contribution in [3.63, 3.8) is 0 Å². The predicted molar refractivity (Wildman–Crippen MR) is 71.1 cm³/mol. The van der Waals surface area contributed by atoms with Crippen LogP contribution in [-0.2, 0) is 9.53 Å². The number of hydrogen-bond donors (Lipinski definition) is 0. The summed E-state index contributed by atoms with van der Waals surface area (Å²) in [6.45, 7) is 4.72. The standard InChI is InChI=1S/C16H17NO2/c1-10-7-12-13(8-10)15(18)17-14(12)9-19-16(17)11-5-3-2-4-6-11/h2-6,12-14,16H,1,7-9H2/t12-,13+,14?,16?/m0/s1. The van der Waals surface area contributed by atoms with Gasteiger partial charge < -0.3 is 9.64 Å². The summed E-state index contributed by atoms with van der Waals surface area (Å²) >= 11 is 0. The first kappa shape index (κ1) is 11.2. The Bertz CT molecular complexity index is 539. The van der Waals surface area contributed by atoms with Gasteiger partial charge in [0.2, 0.25) is 5.91 Å². The van der Waals surface area contributed by atoms with Crippen LogP contribution in [0.4, 0.5) is 0 Å². The van der Waals surface area contributed by atoms with Crippen LogP contribution < -0.4 is 0 Å². The molecular weight excluding hydrogens is 238 g/mol. The van der Waals surface area contributed by atoms with Crippen LogP contribution in [0.15, 0.2) is 42.5 Å². The van der Waals surface area contributed by atoms with Crippen molar-refractivity contribution in [2.45, 2.75) is 25.1 Å². The highest BCUT2D eigenvalue weighted by Gasteiger charge is 2.56. The highest BCUT2D eigenvalue weighted by molar-refractivity contribution is 5.84. The highest BCUT2D eigenvalue weighted by Crippen LogP contribution is 2.50. The van der Waals surface area contributed by atoms with Crippen molar-refractivity contribution in [2.24, 2.45) is 11.8 Å². The molecule has 3 fully saturated rings. The number of amides is 1. The zero-order valence-corrected chi connectivity index (χ0v) is 10.8. The lowest BCUT2D eigenvalue weighted by atomic mass is 9.94. The summed E-state index contributed by atoms with van der Waals surface area (Å²) < 4.78 is 5.90. The maximum Gasteiger partial charge on any atom is 0.229 e. The lowest BCUT2D eigenvalue weighted by Gasteiger charge is -2.24. The maximum atomic E-state index is 12.6. The Morgan fingerprint density at radius 1 is 1.21 bits per heavy atom. The topological polar surface area (TPSA) is 29.5 Å². The van der Waals surface area contributed by atoms with Gasteiger partial charge in [-0.15, -0.1) is 0 Å². The minimum absolute atomic E-state index is 0.160. The zero-order valence-electron chi connectivity index (χ0n) is 10.8. The van der Waals surface area contributed by atoms with Crippen molar-refractivity contribution in [3.8, 4) is 0 Å². The molecular formula is C16H17NO2. The maximum absolute atomic E-state index is 12.6. The van der Waals surface area contributed by atoms with Gasteiger partial charge in [0, 0.05) is 11.5 Å². The average Bonchev–Trinajstić information content (AvgIpc) is 3.06. The van der Waals surface area contributed by atoms with Gasteiger partial charge in [-0.05, 0) is 18.8 Å². The molecule has 3 nitrogen and oxygen atoms in total. The predicted octanol–water partition coefficient (Wildman–Crippen LogP) is 2.51. The largest absolute Gasteiger partial charge is 0.352 e. The van der Waals surface area contributed by atoms with Crippen LogP contribution in [-0.4, -0.2) is 23.5 Å². The summed E-state index contributed by atoms with van der Waals surface area (Å²) in [6.07, 6.45) is 1.68. The molecule has 2 heterocycles. The third kappa shape index (κ3) is 1.51. The Balaban J connectivity index is 1.67. The van der Waals surface area contributed by atoms with Crippen LogP contribution >= 0.6 is 0 Å². The van der Waals surface area contributed by atoms with Gasteiger partial charge in [0.25, 0.3) is 0 Å². The number of allylic oxidation sites excluding steroid dienone is 1. The molecule has 98 valence electrons. The lowest BCUT2D eigenvalue weighted by Crippen LogP contribution is -2.33. The first-order chi connectivity index (χ1) is 9.25. The summed E-state index contributed by atoms with van der Waals surface area (Å²) in [5.74, 6) is 0.848. The first-order valence-corrected chi connectivity index (χ1v) is 6.91. The molecule has 2 aliphatic heterocycles. The third-order valence-electron chi connectivity index (χ3n) is 4.74. The smallest absolute Gasteiger partial charge is 0.229 e. The van der Waals surface area contributed by atoms with Crippen LogP contribution in [0.3, 0.4) is 0 Å². The molecule has 0 spiro atoms. The molecule has 1 amide bonds. The summed E-state index contributed by atoms with van der Waals surface area (Å²) in [5, 5.41) is 0. The fourth-order valence-electron chi connectivity index (χ4n) is 3.90. The fraction of sp³-hybridized carbons (Fsp3) is 0.438. The minimum Gasteiger partial charge on any atom is -0.352 e. The number of fused-ring (bicyclic) bond motifs is 3. The minimum atomic E-state index is -0.183. The van der Waals surface area contributed by atoms with Crippen molar-refractivity contribution < 1.29 is 9.53 Å². The number of ether oxygens (including phenoxy) is 1. The van der Waals surface area contributed by atoms with Crippen molar-refractivity contribution in [2.75, 3.05) is 6.61 Å². The van der Waals surface area contributed by atoms with Gasteiger partial charge >= 0.3 is 0 Å². The van der Waals surface area contributed by atoms with E-state index in [0.717, 1.165) is 18.4 Å². The average molecular weight is 255 g/mol. The van der Waals surface area contributed by atoms with Crippen LogP contribution in [0.25, 0.3) is 0 Å². The number of nitrogens with zero attached hydrogens (tertiary/aromatic N) is 1. The second kappa shape index (κ2) is 3.94. The number of hydrogen-bond acceptors (Lipinski definition) is 2. The van der Waals surface area contributed by atoms with E-state index in [4.69, 9.17) is 4.74 Å². The quantitative estimate of drug-likeness (QED) is 0.722. The Morgan fingerprint density at radius 2 is 2.00 bits per heavy atom. The van der Waals surface area contributed by atoms with Gasteiger partial charge in [-0.2, -0.15) is 0 Å². The van der Waals surface area contributed by atoms with Crippen LogP contribution in [0.2, 0.25) is 0 Å². The van der Waals surface area contributed by atoms with Crippen molar-refractivity contribution in [3.05, 3.63) is 48.0 Å². The Hall–Kier alpha value is -1.61. The highest BCUT2D eigenvalue weighted by atomic mass is 16.5. The Morgan fingerprint density at radius 3 is 2.79 bits per heavy atom. The van der Waals surface area contributed by atoms with Crippen LogP contribution in [0.5, 0.6) is 0 Å². The van der Waals surface area contributed by atoms with E-state index in [0.29, 0.717) is 12.5 Å². The third-order valence-corrected chi connectivity index (χ3v) is 4.74. The van der Waals surface area contributed by atoms with Crippen molar-refractivity contribution in [1.82, 2.24) is 4.90 Å². The molecule has 1 aromatic rings. The van der Waals surface area contributed by atoms with Gasteiger partial charge in [-0.3, -0.25) is 4.79 Å². The van der Waals surface area contributed by atoms with E-state index >= 15 is 0 Å². The summed E-state index contributed by atoms with van der Waals surface area (Å²) in [5.41, 5.74) is 2.31. The zero-order chi connectivity index (χ0) is 13.0. The van der Waals surface area contributed by atoms with E-state index in [-0.39, 0.29) is 24.1 Å². The molecule has 3 aliphatic rings. The van der Waals surface area contributed by atoms with E-state index in [2.05, 4.69) is 6.58 Å². The second-order valence-electron chi connectivity index (χ2n) is 5.84. The summed E-state index contributed by atoms with van der Waals surface area (Å²) in [4.78, 5) is 14.6. The van der Waals surface area contributed by atoms with E-state index in [9.17, 15) is 4.79 Å². The summed E-state index contributed by atoms with van der Waals surface area (Å²) in [7, 11) is 0. The number of rotatable bonds is 1. The van der Waals surface area contributed by atoms with Crippen molar-refractivity contribution in [1.29, 1.82) is 0 Å². The van der Waals surface area contributed by atoms with Gasteiger partial charge in [-0.25, -0.2) is 0 Å². The van der Waals surface area contributed by atoms with E-state index in [1.807, 2.05) is 35.2 Å². The van der Waals surface area contributed by atoms with Crippen LogP contribution in [0.1, 0.15) is 24.6 Å². The molecule has 1 aliphatic carbocycles. The molecule has 0 radical (unpaired) electrons. The lowest BCUT2D eigenvalue weighted by molar-refractivity contribution is -0.137. The molecule has 1 saturated carbocycles. The Labute approximate surface area is 112 Å². The van der Waals surface area contributed by atoms with E-state index < -0.39 is 0 Å². The molecule has 0 N–H and O–H groups in total. The van der Waals surface area contributed by atoms with E-state index in [1.54, 1.807) is 0 Å². The number of carbonyl (C=O) groups is 1. The normalized spacial score (nSPS) is 36.7. The molecule has 1 aromatic carbocycles. The second-order valence-corrected chi connectivity index (χ2v) is 5.84. The first-order valence-electron chi connectivity index (χ1n) is 6.91. The van der Waals surface area contributed by atoms with E-state index in [1.165, 1.54) is 5.57 Å². The molecule has 4 rings (SSSR count). The molecule has 0 aromatic heterocycles. The molecule has 4 atom stereocenters. The molecule has 19 heavy (non-hydrogen) atoms. The molecule has 3 heteroatoms. The summed E-state index contributed by atoms with van der Waals surface area (Å²) in [6, 6.07) is 10.3. The number of benzene rings is 1. The van der Waals surface area contributed by atoms with Crippen molar-refractivity contribution >= 4 is 5.91 Å². The fourth-order valence-corrected chi connectivity index (χ4v) is 3.90. The SMILES string of the molecule is C=C1C[C@@H]2C3COC(c4ccccc4)N3C(=O)[C@@H]2C1. The van der Waals surface area contributed by atoms with Gasteiger partial charge in [0.05, 0.1) is 12.6 Å². The molecule has 0 bridgehead atoms. The molecule has 2 unspecified atom stereocenters. The Kier molecular flexibility index (Phi) is 2.33. The van der Waals surface area contributed by atoms with Gasteiger partial charge in [0.1, 0.15) is 0 Å². The van der Waals surface area contributed by atoms with Gasteiger partial charge in [0.15, 0.2) is 6.23 Å². The van der Waals surface area contributed by atoms with Gasteiger partial charge in [-0.1, -0.05) is 42.5 Å². The molecule has 2 saturated heterocycles.